The number of esters is 1. The van der Waals surface area contributed by atoms with E-state index in [1.54, 1.807) is 13.2 Å². The topological polar surface area (TPSA) is 65.7 Å². The molecule has 0 aliphatic carbocycles. The van der Waals surface area contributed by atoms with E-state index in [9.17, 15) is 9.59 Å². The maximum Gasteiger partial charge on any atom is 0.339 e. The summed E-state index contributed by atoms with van der Waals surface area (Å²) in [6.45, 7) is 4.08. The number of hydrogen-bond acceptors (Lipinski definition) is 5. The Morgan fingerprint density at radius 3 is 2.67 bits per heavy atom. The Morgan fingerprint density at radius 2 is 1.93 bits per heavy atom. The monoisotopic (exact) mass is 366 g/mol. The van der Waals surface area contributed by atoms with Crippen molar-refractivity contribution in [3.63, 3.8) is 0 Å². The van der Waals surface area contributed by atoms with Gasteiger partial charge >= 0.3 is 11.6 Å². The molecule has 0 bridgehead atoms. The number of fused-ring (bicyclic) bond motifs is 1. The summed E-state index contributed by atoms with van der Waals surface area (Å²) in [6, 6.07) is 13.2. The first-order chi connectivity index (χ1) is 13.0. The Balaban J connectivity index is 1.69. The van der Waals surface area contributed by atoms with Gasteiger partial charge in [0.2, 0.25) is 0 Å². The highest BCUT2D eigenvalue weighted by Crippen LogP contribution is 2.24. The molecule has 5 nitrogen and oxygen atoms in total. The predicted molar refractivity (Wildman–Crippen MR) is 103 cm³/mol. The molecule has 27 heavy (non-hydrogen) atoms. The number of benzene rings is 2. The molecule has 0 amide bonds. The zero-order valence-electron chi connectivity index (χ0n) is 15.7. The molecular weight excluding hydrogens is 344 g/mol. The number of methoxy groups -OCH3 is 1. The maximum absolute atomic E-state index is 12.3. The lowest BCUT2D eigenvalue weighted by Crippen LogP contribution is -2.13. The normalized spacial score (nSPS) is 10.8. The second kappa shape index (κ2) is 8.08. The minimum Gasteiger partial charge on any atom is -0.497 e. The molecule has 140 valence electrons. The van der Waals surface area contributed by atoms with Gasteiger partial charge in [0, 0.05) is 23.4 Å². The van der Waals surface area contributed by atoms with E-state index in [1.807, 2.05) is 50.2 Å². The van der Waals surface area contributed by atoms with Gasteiger partial charge in [0.05, 0.1) is 7.11 Å². The number of carbonyl (C=O) groups is 1. The third kappa shape index (κ3) is 4.37. The zero-order chi connectivity index (χ0) is 19.4. The van der Waals surface area contributed by atoms with Crippen LogP contribution in [0, 0.1) is 13.8 Å². The van der Waals surface area contributed by atoms with Gasteiger partial charge in [0.15, 0.2) is 0 Å². The largest absolute Gasteiger partial charge is 0.497 e. The van der Waals surface area contributed by atoms with Gasteiger partial charge in [-0.2, -0.15) is 0 Å². The molecule has 0 atom stereocenters. The van der Waals surface area contributed by atoms with E-state index in [-0.39, 0.29) is 25.4 Å². The minimum atomic E-state index is -0.431. The van der Waals surface area contributed by atoms with Crippen LogP contribution in [0.3, 0.4) is 0 Å². The number of aryl methyl sites for hydroxylation is 2. The average molecular weight is 366 g/mol. The Labute approximate surface area is 157 Å². The quantitative estimate of drug-likeness (QED) is 0.485. The van der Waals surface area contributed by atoms with E-state index >= 15 is 0 Å². The third-order valence-electron chi connectivity index (χ3n) is 4.56. The van der Waals surface area contributed by atoms with Gasteiger partial charge in [-0.1, -0.05) is 29.8 Å². The predicted octanol–water partition coefficient (Wildman–Crippen LogP) is 4.09. The van der Waals surface area contributed by atoms with Crippen molar-refractivity contribution in [3.8, 4) is 5.75 Å². The fourth-order valence-corrected chi connectivity index (χ4v) is 3.06. The van der Waals surface area contributed by atoms with Gasteiger partial charge in [0.1, 0.15) is 17.9 Å². The first kappa shape index (κ1) is 18.7. The molecule has 0 saturated carbocycles. The first-order valence-corrected chi connectivity index (χ1v) is 8.79. The van der Waals surface area contributed by atoms with Gasteiger partial charge in [-0.15, -0.1) is 0 Å². The summed E-state index contributed by atoms with van der Waals surface area (Å²) < 4.78 is 15.9. The van der Waals surface area contributed by atoms with Crippen LogP contribution >= 0.6 is 0 Å². The van der Waals surface area contributed by atoms with Crippen molar-refractivity contribution in [2.24, 2.45) is 0 Å². The van der Waals surface area contributed by atoms with Gasteiger partial charge in [-0.3, -0.25) is 4.79 Å². The summed E-state index contributed by atoms with van der Waals surface area (Å²) in [5.74, 6) is 0.280. The Morgan fingerprint density at radius 1 is 1.11 bits per heavy atom. The maximum atomic E-state index is 12.3. The fourth-order valence-electron chi connectivity index (χ4n) is 3.06. The van der Waals surface area contributed by atoms with Crippen molar-refractivity contribution < 1.29 is 18.7 Å². The molecule has 0 saturated heterocycles. The Kier molecular flexibility index (Phi) is 5.60. The summed E-state index contributed by atoms with van der Waals surface area (Å²) in [5.41, 5.74) is 3.42. The van der Waals surface area contributed by atoms with E-state index < -0.39 is 5.63 Å². The van der Waals surface area contributed by atoms with E-state index in [2.05, 4.69) is 0 Å². The summed E-state index contributed by atoms with van der Waals surface area (Å²) in [5, 5.41) is 0.832. The summed E-state index contributed by atoms with van der Waals surface area (Å²) in [4.78, 5) is 24.4. The number of rotatable bonds is 6. The van der Waals surface area contributed by atoms with Crippen LogP contribution < -0.4 is 10.4 Å². The Hall–Kier alpha value is -3.08. The van der Waals surface area contributed by atoms with Crippen LogP contribution in [0.2, 0.25) is 0 Å². The third-order valence-corrected chi connectivity index (χ3v) is 4.56. The second-order valence-corrected chi connectivity index (χ2v) is 6.50. The molecule has 0 unspecified atom stereocenters. The molecule has 3 aromatic rings. The molecule has 0 aliphatic heterocycles. The lowest BCUT2D eigenvalue weighted by atomic mass is 10.0. The SMILES string of the molecule is COc1ccc2c(C)c(CCC(=O)OCc3cccc(C)c3)c(=O)oc2c1. The van der Waals surface area contributed by atoms with Crippen molar-refractivity contribution in [2.75, 3.05) is 7.11 Å². The highest BCUT2D eigenvalue weighted by molar-refractivity contribution is 5.82. The molecule has 0 aliphatic rings. The molecule has 3 rings (SSSR count). The lowest BCUT2D eigenvalue weighted by Gasteiger charge is -2.09. The number of ether oxygens (including phenoxy) is 2. The first-order valence-electron chi connectivity index (χ1n) is 8.79. The molecular formula is C22H22O5. The highest BCUT2D eigenvalue weighted by Gasteiger charge is 2.14. The standard InChI is InChI=1S/C22H22O5/c1-14-5-4-6-16(11-14)13-26-21(23)10-9-19-15(2)18-8-7-17(25-3)12-20(18)27-22(19)24/h4-8,11-12H,9-10,13H2,1-3H3. The van der Waals surface area contributed by atoms with Crippen LogP contribution in [0.25, 0.3) is 11.0 Å². The molecule has 0 N–H and O–H groups in total. The summed E-state index contributed by atoms with van der Waals surface area (Å²) in [7, 11) is 1.56. The van der Waals surface area contributed by atoms with Crippen LogP contribution in [0.5, 0.6) is 5.75 Å². The highest BCUT2D eigenvalue weighted by atomic mass is 16.5. The second-order valence-electron chi connectivity index (χ2n) is 6.50. The van der Waals surface area contributed by atoms with Crippen LogP contribution in [0.1, 0.15) is 28.7 Å². The minimum absolute atomic E-state index is 0.124. The molecule has 2 aromatic carbocycles. The molecule has 0 radical (unpaired) electrons. The van der Waals surface area contributed by atoms with E-state index in [0.29, 0.717) is 16.9 Å². The Bertz CT molecular complexity index is 1030. The van der Waals surface area contributed by atoms with Crippen LogP contribution in [-0.2, 0) is 22.6 Å². The molecule has 0 fully saturated rings. The van der Waals surface area contributed by atoms with Gasteiger partial charge in [-0.25, -0.2) is 4.79 Å². The van der Waals surface area contributed by atoms with Crippen LogP contribution in [-0.4, -0.2) is 13.1 Å². The van der Waals surface area contributed by atoms with E-state index in [0.717, 1.165) is 22.1 Å². The number of carbonyl (C=O) groups excluding carboxylic acids is 1. The smallest absolute Gasteiger partial charge is 0.339 e. The summed E-state index contributed by atoms with van der Waals surface area (Å²) in [6.07, 6.45) is 0.405. The fraction of sp³-hybridized carbons (Fsp3) is 0.273. The van der Waals surface area contributed by atoms with Gasteiger partial charge in [-0.05, 0) is 43.5 Å². The molecule has 1 aromatic heterocycles. The molecule has 1 heterocycles. The zero-order valence-corrected chi connectivity index (χ0v) is 15.7. The van der Waals surface area contributed by atoms with Crippen molar-refractivity contribution in [1.82, 2.24) is 0 Å². The number of hydrogen-bond donors (Lipinski definition) is 0. The van der Waals surface area contributed by atoms with Gasteiger partial charge in [0.25, 0.3) is 0 Å². The molecule has 5 heteroatoms. The van der Waals surface area contributed by atoms with Crippen molar-refractivity contribution in [3.05, 3.63) is 75.1 Å². The van der Waals surface area contributed by atoms with Gasteiger partial charge < -0.3 is 13.9 Å². The van der Waals surface area contributed by atoms with E-state index in [1.165, 1.54) is 0 Å². The molecule has 0 spiro atoms. The average Bonchev–Trinajstić information content (AvgIpc) is 2.65. The van der Waals surface area contributed by atoms with Crippen LogP contribution in [0.15, 0.2) is 51.7 Å². The lowest BCUT2D eigenvalue weighted by molar-refractivity contribution is -0.144. The summed E-state index contributed by atoms with van der Waals surface area (Å²) >= 11 is 0. The van der Waals surface area contributed by atoms with E-state index in [4.69, 9.17) is 13.9 Å². The van der Waals surface area contributed by atoms with Crippen molar-refractivity contribution in [2.45, 2.75) is 33.3 Å². The van der Waals surface area contributed by atoms with Crippen molar-refractivity contribution >= 4 is 16.9 Å². The van der Waals surface area contributed by atoms with Crippen LogP contribution in [0.4, 0.5) is 0 Å². The van der Waals surface area contributed by atoms with Crippen molar-refractivity contribution in [1.29, 1.82) is 0 Å².